The number of ether oxygens (including phenoxy) is 5. The number of ketones is 1. The largest absolute Gasteiger partial charge is 0.493 e. The Morgan fingerprint density at radius 3 is 2.30 bits per heavy atom. The molecule has 0 atom stereocenters. The van der Waals surface area contributed by atoms with Gasteiger partial charge in [0.15, 0.2) is 17.3 Å². The maximum atomic E-state index is 12.7. The third kappa shape index (κ3) is 4.49. The molecule has 0 bridgehead atoms. The molecule has 1 aliphatic rings. The molecule has 1 aliphatic heterocycles. The molecule has 4 rings (SSSR count). The number of Topliss-reactive ketones (excluding diaryl/α,β-unsaturated/α-hetero) is 1. The van der Waals surface area contributed by atoms with Crippen molar-refractivity contribution in [3.8, 4) is 28.7 Å². The van der Waals surface area contributed by atoms with Crippen molar-refractivity contribution in [3.05, 3.63) is 82.1 Å². The number of allylic oxidation sites excluding steroid dienone is 1. The van der Waals surface area contributed by atoms with Gasteiger partial charge in [0, 0.05) is 11.1 Å². The van der Waals surface area contributed by atoms with E-state index < -0.39 is 5.97 Å². The van der Waals surface area contributed by atoms with Crippen LogP contribution in [-0.2, 0) is 0 Å². The number of carbonyl (C=O) groups is 2. The monoisotopic (exact) mass is 466 g/mol. The molecule has 33 heavy (non-hydrogen) atoms. The van der Waals surface area contributed by atoms with Crippen molar-refractivity contribution >= 4 is 29.4 Å². The summed E-state index contributed by atoms with van der Waals surface area (Å²) in [5, 5.41) is 0.549. The van der Waals surface area contributed by atoms with Crippen LogP contribution in [0.15, 0.2) is 60.4 Å². The number of carbonyl (C=O) groups excluding carboxylic acids is 2. The van der Waals surface area contributed by atoms with Crippen molar-refractivity contribution in [1.29, 1.82) is 0 Å². The van der Waals surface area contributed by atoms with E-state index in [1.807, 2.05) is 6.07 Å². The second-order valence-electron chi connectivity index (χ2n) is 6.96. The minimum Gasteiger partial charge on any atom is -0.493 e. The zero-order chi connectivity index (χ0) is 23.5. The number of esters is 1. The molecule has 0 aliphatic carbocycles. The number of hydrogen-bond acceptors (Lipinski definition) is 7. The van der Waals surface area contributed by atoms with Gasteiger partial charge in [0.2, 0.25) is 11.5 Å². The molecule has 0 spiro atoms. The van der Waals surface area contributed by atoms with Gasteiger partial charge in [-0.05, 0) is 48.0 Å². The summed E-state index contributed by atoms with van der Waals surface area (Å²) in [6.45, 7) is 0. The summed E-state index contributed by atoms with van der Waals surface area (Å²) in [6.07, 6.45) is 1.61. The van der Waals surface area contributed by atoms with Crippen molar-refractivity contribution in [3.63, 3.8) is 0 Å². The molecule has 0 saturated carbocycles. The van der Waals surface area contributed by atoms with Crippen LogP contribution in [0.4, 0.5) is 0 Å². The molecular formula is C25H19ClO7. The fourth-order valence-electron chi connectivity index (χ4n) is 3.34. The van der Waals surface area contributed by atoms with Gasteiger partial charge in [0.1, 0.15) is 11.5 Å². The first-order valence-electron chi connectivity index (χ1n) is 9.79. The smallest absolute Gasteiger partial charge is 0.343 e. The van der Waals surface area contributed by atoms with E-state index in [0.29, 0.717) is 33.6 Å². The van der Waals surface area contributed by atoms with E-state index in [1.54, 1.807) is 30.3 Å². The standard InChI is InChI=1S/C25H19ClO7/c1-29-21-11-15(12-22(30-2)24(21)31-3)25(28)32-17-7-8-18-19(13-17)33-20(23(18)27)10-14-5-4-6-16(26)9-14/h4-13H,1-3H3. The fourth-order valence-corrected chi connectivity index (χ4v) is 3.54. The lowest BCUT2D eigenvalue weighted by Gasteiger charge is -2.13. The van der Waals surface area contributed by atoms with Gasteiger partial charge in [-0.1, -0.05) is 23.7 Å². The van der Waals surface area contributed by atoms with Crippen molar-refractivity contribution in [2.24, 2.45) is 0 Å². The molecule has 0 saturated heterocycles. The van der Waals surface area contributed by atoms with Crippen molar-refractivity contribution in [1.82, 2.24) is 0 Å². The molecular weight excluding hydrogens is 448 g/mol. The Kier molecular flexibility index (Phi) is 6.24. The van der Waals surface area contributed by atoms with Crippen LogP contribution in [-0.4, -0.2) is 33.1 Å². The SMILES string of the molecule is COc1cc(C(=O)Oc2ccc3c(c2)OC(=Cc2cccc(Cl)c2)C3=O)cc(OC)c1OC. The first-order chi connectivity index (χ1) is 15.9. The first kappa shape index (κ1) is 22.2. The van der Waals surface area contributed by atoms with Gasteiger partial charge in [0.25, 0.3) is 0 Å². The average Bonchev–Trinajstić information content (AvgIpc) is 3.12. The van der Waals surface area contributed by atoms with Gasteiger partial charge in [-0.25, -0.2) is 4.79 Å². The van der Waals surface area contributed by atoms with Gasteiger partial charge in [-0.2, -0.15) is 0 Å². The summed E-state index contributed by atoms with van der Waals surface area (Å²) >= 11 is 6.00. The van der Waals surface area contributed by atoms with Crippen LogP contribution in [0.2, 0.25) is 5.02 Å². The summed E-state index contributed by atoms with van der Waals surface area (Å²) in [7, 11) is 4.38. The Hall–Kier alpha value is -3.97. The van der Waals surface area contributed by atoms with Crippen molar-refractivity contribution < 1.29 is 33.3 Å². The number of hydrogen-bond donors (Lipinski definition) is 0. The van der Waals surface area contributed by atoms with Crippen LogP contribution >= 0.6 is 11.6 Å². The summed E-state index contributed by atoms with van der Waals surface area (Å²) < 4.78 is 27.0. The summed E-state index contributed by atoms with van der Waals surface area (Å²) in [5.41, 5.74) is 1.30. The molecule has 0 fully saturated rings. The van der Waals surface area contributed by atoms with Crippen LogP contribution < -0.4 is 23.7 Å². The van der Waals surface area contributed by atoms with E-state index in [-0.39, 0.29) is 22.9 Å². The maximum absolute atomic E-state index is 12.7. The average molecular weight is 467 g/mol. The van der Waals surface area contributed by atoms with E-state index in [1.165, 1.54) is 45.6 Å². The van der Waals surface area contributed by atoms with E-state index >= 15 is 0 Å². The van der Waals surface area contributed by atoms with Gasteiger partial charge < -0.3 is 23.7 Å². The highest BCUT2D eigenvalue weighted by Gasteiger charge is 2.28. The van der Waals surface area contributed by atoms with Gasteiger partial charge in [0.05, 0.1) is 32.5 Å². The van der Waals surface area contributed by atoms with Gasteiger partial charge in [-0.15, -0.1) is 0 Å². The lowest BCUT2D eigenvalue weighted by molar-refractivity contribution is 0.0733. The molecule has 0 unspecified atom stereocenters. The highest BCUT2D eigenvalue weighted by atomic mass is 35.5. The summed E-state index contributed by atoms with van der Waals surface area (Å²) in [4.78, 5) is 25.4. The van der Waals surface area contributed by atoms with Crippen molar-refractivity contribution in [2.45, 2.75) is 0 Å². The molecule has 0 N–H and O–H groups in total. The third-order valence-corrected chi connectivity index (χ3v) is 5.13. The second-order valence-corrected chi connectivity index (χ2v) is 7.39. The van der Waals surface area contributed by atoms with Crippen LogP contribution in [0, 0.1) is 0 Å². The Morgan fingerprint density at radius 2 is 1.67 bits per heavy atom. The number of rotatable bonds is 6. The predicted octanol–water partition coefficient (Wildman–Crippen LogP) is 5.20. The van der Waals surface area contributed by atoms with E-state index in [4.69, 9.17) is 35.3 Å². The van der Waals surface area contributed by atoms with Crippen LogP contribution in [0.25, 0.3) is 6.08 Å². The highest BCUT2D eigenvalue weighted by molar-refractivity contribution is 6.30. The van der Waals surface area contributed by atoms with E-state index in [9.17, 15) is 9.59 Å². The normalized spacial score (nSPS) is 13.3. The summed E-state index contributed by atoms with van der Waals surface area (Å²) in [6, 6.07) is 14.6. The lowest BCUT2D eigenvalue weighted by atomic mass is 10.1. The molecule has 3 aromatic carbocycles. The van der Waals surface area contributed by atoms with Crippen LogP contribution in [0.5, 0.6) is 28.7 Å². The van der Waals surface area contributed by atoms with Crippen molar-refractivity contribution in [2.75, 3.05) is 21.3 Å². The molecule has 3 aromatic rings. The zero-order valence-corrected chi connectivity index (χ0v) is 18.8. The lowest BCUT2D eigenvalue weighted by Crippen LogP contribution is -2.09. The van der Waals surface area contributed by atoms with Crippen LogP contribution in [0.3, 0.4) is 0 Å². The molecule has 0 aromatic heterocycles. The third-order valence-electron chi connectivity index (χ3n) is 4.90. The number of methoxy groups -OCH3 is 3. The Labute approximate surface area is 195 Å². The van der Waals surface area contributed by atoms with E-state index in [0.717, 1.165) is 5.56 Å². The number of benzene rings is 3. The highest BCUT2D eigenvalue weighted by Crippen LogP contribution is 2.39. The summed E-state index contributed by atoms with van der Waals surface area (Å²) in [5.74, 6) is 0.749. The van der Waals surface area contributed by atoms with Gasteiger partial charge in [-0.3, -0.25) is 4.79 Å². The Morgan fingerprint density at radius 1 is 0.939 bits per heavy atom. The zero-order valence-electron chi connectivity index (χ0n) is 18.0. The number of halogens is 1. The van der Waals surface area contributed by atoms with E-state index in [2.05, 4.69) is 0 Å². The van der Waals surface area contributed by atoms with Crippen LogP contribution in [0.1, 0.15) is 26.3 Å². The molecule has 1 heterocycles. The fraction of sp³-hybridized carbons (Fsp3) is 0.120. The second kappa shape index (κ2) is 9.26. The quantitative estimate of drug-likeness (QED) is 0.280. The minimum atomic E-state index is -0.645. The minimum absolute atomic E-state index is 0.153. The predicted molar refractivity (Wildman–Crippen MR) is 122 cm³/mol. The molecule has 8 heteroatoms. The van der Waals surface area contributed by atoms with Gasteiger partial charge >= 0.3 is 5.97 Å². The Balaban J connectivity index is 1.57. The molecule has 7 nitrogen and oxygen atoms in total. The Bertz CT molecular complexity index is 1250. The molecule has 168 valence electrons. The first-order valence-corrected chi connectivity index (χ1v) is 10.2. The maximum Gasteiger partial charge on any atom is 0.343 e. The topological polar surface area (TPSA) is 80.3 Å². The molecule has 0 radical (unpaired) electrons. The molecule has 0 amide bonds. The number of fused-ring (bicyclic) bond motifs is 1.